The summed E-state index contributed by atoms with van der Waals surface area (Å²) in [4.78, 5) is 0. The largest absolute Gasteiger partial charge is 0.493 e. The lowest BCUT2D eigenvalue weighted by Crippen LogP contribution is -2.16. The summed E-state index contributed by atoms with van der Waals surface area (Å²) in [5, 5.41) is 4.34. The van der Waals surface area contributed by atoms with Gasteiger partial charge in [-0.3, -0.25) is 0 Å². The van der Waals surface area contributed by atoms with Crippen molar-refractivity contribution in [2.75, 3.05) is 13.7 Å². The lowest BCUT2D eigenvalue weighted by molar-refractivity contribution is 0.279. The lowest BCUT2D eigenvalue weighted by atomic mass is 9.97. The minimum absolute atomic E-state index is 0.00902. The number of rotatable bonds is 9. The number of methoxy groups -OCH3 is 1. The fourth-order valence-corrected chi connectivity index (χ4v) is 3.85. The Balaban J connectivity index is 1.60. The van der Waals surface area contributed by atoms with Crippen LogP contribution in [0.1, 0.15) is 43.2 Å². The van der Waals surface area contributed by atoms with E-state index in [0.29, 0.717) is 33.7 Å². The highest BCUT2D eigenvalue weighted by atomic mass is 35.5. The van der Waals surface area contributed by atoms with Gasteiger partial charge in [0.1, 0.15) is 12.4 Å². The van der Waals surface area contributed by atoms with E-state index in [1.54, 1.807) is 30.9 Å². The Morgan fingerprint density at radius 2 is 1.97 bits per heavy atom. The van der Waals surface area contributed by atoms with Crippen LogP contribution in [0, 0.1) is 5.82 Å². The number of allylic oxidation sites excluding steroid dienone is 1. The number of hydrogen-bond donors (Lipinski definition) is 1. The quantitative estimate of drug-likeness (QED) is 0.349. The SMILES string of the molecule is COc1cc(CNCCC2=CCCCC2)c(Cl)cc1OCc1c(F)cccc1Cl. The van der Waals surface area contributed by atoms with Crippen molar-refractivity contribution in [2.45, 2.75) is 45.3 Å². The molecule has 0 fully saturated rings. The molecule has 156 valence electrons. The predicted molar refractivity (Wildman–Crippen MR) is 117 cm³/mol. The lowest BCUT2D eigenvalue weighted by Gasteiger charge is -2.16. The van der Waals surface area contributed by atoms with Gasteiger partial charge in [0.05, 0.1) is 12.1 Å². The van der Waals surface area contributed by atoms with E-state index in [9.17, 15) is 4.39 Å². The second-order valence-corrected chi connectivity index (χ2v) is 7.93. The molecule has 3 nitrogen and oxygen atoms in total. The zero-order valence-electron chi connectivity index (χ0n) is 16.6. The molecule has 2 aromatic carbocycles. The van der Waals surface area contributed by atoms with Crippen LogP contribution in [-0.2, 0) is 13.2 Å². The zero-order valence-corrected chi connectivity index (χ0v) is 18.1. The summed E-state index contributed by atoms with van der Waals surface area (Å²) in [5.74, 6) is 0.595. The van der Waals surface area contributed by atoms with Gasteiger partial charge in [0.25, 0.3) is 0 Å². The van der Waals surface area contributed by atoms with Gasteiger partial charge in [-0.15, -0.1) is 0 Å². The third-order valence-corrected chi connectivity index (χ3v) is 5.80. The van der Waals surface area contributed by atoms with Gasteiger partial charge in [-0.25, -0.2) is 4.39 Å². The number of halogens is 3. The average Bonchev–Trinajstić information content (AvgIpc) is 2.72. The molecule has 0 saturated carbocycles. The minimum atomic E-state index is -0.406. The molecule has 0 saturated heterocycles. The van der Waals surface area contributed by atoms with E-state index in [4.69, 9.17) is 32.7 Å². The highest BCUT2D eigenvalue weighted by molar-refractivity contribution is 6.31. The molecule has 3 rings (SSSR count). The Kier molecular flexibility index (Phi) is 8.22. The van der Waals surface area contributed by atoms with Gasteiger partial charge in [-0.05, 0) is 62.4 Å². The van der Waals surface area contributed by atoms with E-state index < -0.39 is 5.82 Å². The molecule has 1 aliphatic carbocycles. The molecule has 0 radical (unpaired) electrons. The number of nitrogens with one attached hydrogen (secondary N) is 1. The summed E-state index contributed by atoms with van der Waals surface area (Å²) in [5.41, 5.74) is 2.77. The van der Waals surface area contributed by atoms with E-state index in [1.165, 1.54) is 31.7 Å². The summed E-state index contributed by atoms with van der Waals surface area (Å²) in [7, 11) is 1.57. The van der Waals surface area contributed by atoms with Crippen LogP contribution in [0.2, 0.25) is 10.0 Å². The third kappa shape index (κ3) is 6.11. The summed E-state index contributed by atoms with van der Waals surface area (Å²) < 4.78 is 25.2. The molecule has 29 heavy (non-hydrogen) atoms. The summed E-state index contributed by atoms with van der Waals surface area (Å²) >= 11 is 12.5. The van der Waals surface area contributed by atoms with Crippen molar-refractivity contribution in [3.8, 4) is 11.5 Å². The second-order valence-electron chi connectivity index (χ2n) is 7.12. The Labute approximate surface area is 181 Å². The Morgan fingerprint density at radius 3 is 2.69 bits per heavy atom. The van der Waals surface area contributed by atoms with Crippen molar-refractivity contribution in [3.63, 3.8) is 0 Å². The predicted octanol–water partition coefficient (Wildman–Crippen LogP) is 6.70. The van der Waals surface area contributed by atoms with Crippen LogP contribution < -0.4 is 14.8 Å². The van der Waals surface area contributed by atoms with Gasteiger partial charge in [0, 0.05) is 23.2 Å². The number of ether oxygens (including phenoxy) is 2. The van der Waals surface area contributed by atoms with Crippen LogP contribution in [0.15, 0.2) is 42.0 Å². The molecule has 0 atom stereocenters. The van der Waals surface area contributed by atoms with Gasteiger partial charge in [0.2, 0.25) is 0 Å². The molecule has 6 heteroatoms. The summed E-state index contributed by atoms with van der Waals surface area (Å²) in [6, 6.07) is 8.10. The summed E-state index contributed by atoms with van der Waals surface area (Å²) in [6.45, 7) is 1.54. The van der Waals surface area contributed by atoms with Crippen LogP contribution in [0.5, 0.6) is 11.5 Å². The summed E-state index contributed by atoms with van der Waals surface area (Å²) in [6.07, 6.45) is 8.47. The fourth-order valence-electron chi connectivity index (χ4n) is 3.41. The first-order valence-corrected chi connectivity index (χ1v) is 10.6. The molecule has 1 aliphatic rings. The smallest absolute Gasteiger partial charge is 0.163 e. The highest BCUT2D eigenvalue weighted by Crippen LogP contribution is 2.34. The minimum Gasteiger partial charge on any atom is -0.493 e. The molecule has 2 aromatic rings. The molecular formula is C23H26Cl2FNO2. The molecule has 0 aliphatic heterocycles. The molecular weight excluding hydrogens is 412 g/mol. The number of hydrogen-bond acceptors (Lipinski definition) is 3. The highest BCUT2D eigenvalue weighted by Gasteiger charge is 2.13. The van der Waals surface area contributed by atoms with Gasteiger partial charge in [-0.2, -0.15) is 0 Å². The van der Waals surface area contributed by atoms with Crippen LogP contribution in [0.25, 0.3) is 0 Å². The molecule has 0 amide bonds. The average molecular weight is 438 g/mol. The maximum absolute atomic E-state index is 14.0. The van der Waals surface area contributed by atoms with Crippen molar-refractivity contribution in [3.05, 3.63) is 69.0 Å². The number of benzene rings is 2. The first-order chi connectivity index (χ1) is 14.1. The van der Waals surface area contributed by atoms with E-state index in [1.807, 2.05) is 6.07 Å². The van der Waals surface area contributed by atoms with E-state index in [0.717, 1.165) is 18.5 Å². The zero-order chi connectivity index (χ0) is 20.6. The van der Waals surface area contributed by atoms with Crippen LogP contribution in [0.4, 0.5) is 4.39 Å². The monoisotopic (exact) mass is 437 g/mol. The standard InChI is InChI=1S/C23H26Cl2FNO2/c1-28-22-12-17(14-27-11-10-16-6-3-2-4-7-16)20(25)13-23(22)29-15-18-19(24)8-5-9-21(18)26/h5-6,8-9,12-13,27H,2-4,7,10-11,14-15H2,1H3. The van der Waals surface area contributed by atoms with Crippen LogP contribution in [-0.4, -0.2) is 13.7 Å². The van der Waals surface area contributed by atoms with Crippen molar-refractivity contribution in [2.24, 2.45) is 0 Å². The van der Waals surface area contributed by atoms with Gasteiger partial charge in [0.15, 0.2) is 11.5 Å². The fraction of sp³-hybridized carbons (Fsp3) is 0.391. The van der Waals surface area contributed by atoms with Crippen molar-refractivity contribution >= 4 is 23.2 Å². The topological polar surface area (TPSA) is 30.5 Å². The van der Waals surface area contributed by atoms with Crippen LogP contribution in [0.3, 0.4) is 0 Å². The third-order valence-electron chi connectivity index (χ3n) is 5.09. The van der Waals surface area contributed by atoms with E-state index in [-0.39, 0.29) is 6.61 Å². The second kappa shape index (κ2) is 10.9. The molecule has 0 unspecified atom stereocenters. The maximum atomic E-state index is 14.0. The first-order valence-electron chi connectivity index (χ1n) is 9.89. The van der Waals surface area contributed by atoms with Gasteiger partial charge in [-0.1, -0.05) is 40.9 Å². The molecule has 0 spiro atoms. The van der Waals surface area contributed by atoms with Gasteiger partial charge < -0.3 is 14.8 Å². The molecule has 0 aromatic heterocycles. The van der Waals surface area contributed by atoms with Gasteiger partial charge >= 0.3 is 0 Å². The van der Waals surface area contributed by atoms with Crippen molar-refractivity contribution < 1.29 is 13.9 Å². The maximum Gasteiger partial charge on any atom is 0.163 e. The van der Waals surface area contributed by atoms with E-state index in [2.05, 4.69) is 11.4 Å². The first kappa shape index (κ1) is 21.9. The Morgan fingerprint density at radius 1 is 1.10 bits per heavy atom. The van der Waals surface area contributed by atoms with E-state index >= 15 is 0 Å². The Hall–Kier alpha value is -1.75. The van der Waals surface area contributed by atoms with Crippen molar-refractivity contribution in [1.29, 1.82) is 0 Å². The molecule has 0 heterocycles. The van der Waals surface area contributed by atoms with Crippen LogP contribution >= 0.6 is 23.2 Å². The van der Waals surface area contributed by atoms with Crippen molar-refractivity contribution in [1.82, 2.24) is 5.32 Å². The Bertz CT molecular complexity index is 850. The normalized spacial score (nSPS) is 13.9. The molecule has 1 N–H and O–H groups in total. The molecule has 0 bridgehead atoms.